The van der Waals surface area contributed by atoms with E-state index in [1.807, 2.05) is 45.9 Å². The number of carbonyl (C=O) groups excluding carboxylic acids is 1. The zero-order valence-electron chi connectivity index (χ0n) is 11.5. The van der Waals surface area contributed by atoms with E-state index in [0.29, 0.717) is 0 Å². The predicted molar refractivity (Wildman–Crippen MR) is 72.6 cm³/mol. The second-order valence-electron chi connectivity index (χ2n) is 4.82. The molecule has 0 aliphatic heterocycles. The molecule has 3 N–H and O–H groups in total. The summed E-state index contributed by atoms with van der Waals surface area (Å²) >= 11 is 0. The summed E-state index contributed by atoms with van der Waals surface area (Å²) in [5, 5.41) is 2.78. The number of amides is 1. The van der Waals surface area contributed by atoms with Crippen LogP contribution in [0.15, 0.2) is 18.2 Å². The van der Waals surface area contributed by atoms with Crippen molar-refractivity contribution in [2.45, 2.75) is 39.8 Å². The van der Waals surface area contributed by atoms with Gasteiger partial charge in [-0.15, -0.1) is 0 Å². The molecular formula is C14H22N2O2. The first kappa shape index (κ1) is 14.5. The van der Waals surface area contributed by atoms with Crippen LogP contribution in [0.3, 0.4) is 0 Å². The lowest BCUT2D eigenvalue weighted by molar-refractivity contribution is -0.123. The van der Waals surface area contributed by atoms with Crippen LogP contribution in [0.1, 0.15) is 37.9 Å². The van der Waals surface area contributed by atoms with E-state index in [1.54, 1.807) is 0 Å². The molecule has 1 aromatic carbocycles. The summed E-state index contributed by atoms with van der Waals surface area (Å²) in [5.41, 5.74) is 7.85. The maximum Gasteiger partial charge on any atom is 0.258 e. The minimum absolute atomic E-state index is 0.00184. The van der Waals surface area contributed by atoms with Gasteiger partial charge in [0.05, 0.1) is 0 Å². The fourth-order valence-electron chi connectivity index (χ4n) is 1.62. The Morgan fingerprint density at radius 1 is 1.39 bits per heavy atom. The van der Waals surface area contributed by atoms with Crippen LogP contribution in [0, 0.1) is 6.92 Å². The summed E-state index contributed by atoms with van der Waals surface area (Å²) in [7, 11) is 0. The topological polar surface area (TPSA) is 64.3 Å². The molecule has 0 fully saturated rings. The number of hydrogen-bond donors (Lipinski definition) is 2. The third-order valence-corrected chi connectivity index (χ3v) is 2.53. The standard InChI is InChI=1S/C14H22N2O2/c1-9(2)16-14(17)8-18-13-6-5-12(11(4)15)7-10(13)3/h5-7,9,11H,8,15H2,1-4H3,(H,16,17). The molecule has 4 heteroatoms. The van der Waals surface area contributed by atoms with E-state index in [4.69, 9.17) is 10.5 Å². The van der Waals surface area contributed by atoms with Crippen LogP contribution < -0.4 is 15.8 Å². The van der Waals surface area contributed by atoms with E-state index < -0.39 is 0 Å². The molecule has 4 nitrogen and oxygen atoms in total. The fraction of sp³-hybridized carbons (Fsp3) is 0.500. The minimum atomic E-state index is -0.110. The molecule has 0 saturated heterocycles. The fourth-order valence-corrected chi connectivity index (χ4v) is 1.62. The van der Waals surface area contributed by atoms with Crippen molar-refractivity contribution in [1.82, 2.24) is 5.32 Å². The highest BCUT2D eigenvalue weighted by Crippen LogP contribution is 2.21. The van der Waals surface area contributed by atoms with E-state index in [9.17, 15) is 4.79 Å². The lowest BCUT2D eigenvalue weighted by Crippen LogP contribution is -2.34. The highest BCUT2D eigenvalue weighted by atomic mass is 16.5. The van der Waals surface area contributed by atoms with Crippen LogP contribution in [0.2, 0.25) is 0 Å². The monoisotopic (exact) mass is 250 g/mol. The summed E-state index contributed by atoms with van der Waals surface area (Å²) in [6.45, 7) is 7.75. The number of aryl methyl sites for hydroxylation is 1. The molecule has 1 atom stereocenters. The maximum absolute atomic E-state index is 11.5. The largest absolute Gasteiger partial charge is 0.484 e. The molecule has 0 aromatic heterocycles. The average molecular weight is 250 g/mol. The third kappa shape index (κ3) is 4.37. The van der Waals surface area contributed by atoms with E-state index in [1.165, 1.54) is 0 Å². The summed E-state index contributed by atoms with van der Waals surface area (Å²) in [6, 6.07) is 5.90. The number of nitrogens with one attached hydrogen (secondary N) is 1. The van der Waals surface area contributed by atoms with Gasteiger partial charge >= 0.3 is 0 Å². The Kier molecular flexibility index (Phi) is 5.16. The van der Waals surface area contributed by atoms with Crippen LogP contribution in [0.4, 0.5) is 0 Å². The van der Waals surface area contributed by atoms with Gasteiger partial charge in [-0.05, 0) is 44.9 Å². The van der Waals surface area contributed by atoms with Gasteiger partial charge in [0.1, 0.15) is 5.75 Å². The van der Waals surface area contributed by atoms with Gasteiger partial charge in [0.2, 0.25) is 0 Å². The average Bonchev–Trinajstić information content (AvgIpc) is 2.26. The van der Waals surface area contributed by atoms with Crippen molar-refractivity contribution in [2.24, 2.45) is 5.73 Å². The summed E-state index contributed by atoms with van der Waals surface area (Å²) in [4.78, 5) is 11.5. The van der Waals surface area contributed by atoms with Gasteiger partial charge < -0.3 is 15.8 Å². The molecule has 1 amide bonds. The molecule has 0 aliphatic rings. The van der Waals surface area contributed by atoms with Gasteiger partial charge in [0.25, 0.3) is 5.91 Å². The van der Waals surface area contributed by atoms with Crippen molar-refractivity contribution < 1.29 is 9.53 Å². The smallest absolute Gasteiger partial charge is 0.258 e. The Morgan fingerprint density at radius 3 is 2.56 bits per heavy atom. The van der Waals surface area contributed by atoms with Gasteiger partial charge in [0.15, 0.2) is 6.61 Å². The Morgan fingerprint density at radius 2 is 2.06 bits per heavy atom. The van der Waals surface area contributed by atoms with Crippen molar-refractivity contribution in [1.29, 1.82) is 0 Å². The van der Waals surface area contributed by atoms with Crippen LogP contribution in [0.25, 0.3) is 0 Å². The molecule has 0 saturated carbocycles. The predicted octanol–water partition coefficient (Wildman–Crippen LogP) is 1.92. The van der Waals surface area contributed by atoms with Crippen molar-refractivity contribution in [3.8, 4) is 5.75 Å². The number of carbonyl (C=O) groups is 1. The van der Waals surface area contributed by atoms with Gasteiger partial charge in [-0.1, -0.05) is 12.1 Å². The van der Waals surface area contributed by atoms with E-state index in [2.05, 4.69) is 5.32 Å². The highest BCUT2D eigenvalue weighted by Gasteiger charge is 2.07. The summed E-state index contributed by atoms with van der Waals surface area (Å²) in [6.07, 6.45) is 0. The van der Waals surface area contributed by atoms with Crippen LogP contribution in [0.5, 0.6) is 5.75 Å². The van der Waals surface area contributed by atoms with Crippen molar-refractivity contribution in [2.75, 3.05) is 6.61 Å². The van der Waals surface area contributed by atoms with E-state index >= 15 is 0 Å². The van der Waals surface area contributed by atoms with Gasteiger partial charge in [-0.25, -0.2) is 0 Å². The number of nitrogens with two attached hydrogens (primary N) is 1. The molecule has 0 heterocycles. The zero-order chi connectivity index (χ0) is 13.7. The summed E-state index contributed by atoms with van der Waals surface area (Å²) in [5.74, 6) is 0.610. The first-order chi connectivity index (χ1) is 8.40. The van der Waals surface area contributed by atoms with Gasteiger partial charge in [-0.2, -0.15) is 0 Å². The van der Waals surface area contributed by atoms with E-state index in [0.717, 1.165) is 16.9 Å². The first-order valence-electron chi connectivity index (χ1n) is 6.18. The molecule has 1 unspecified atom stereocenters. The molecule has 18 heavy (non-hydrogen) atoms. The van der Waals surface area contributed by atoms with Gasteiger partial charge in [-0.3, -0.25) is 4.79 Å². The Hall–Kier alpha value is -1.55. The Bertz CT molecular complexity index is 414. The Balaban J connectivity index is 2.60. The molecule has 0 radical (unpaired) electrons. The molecule has 0 aliphatic carbocycles. The van der Waals surface area contributed by atoms with Crippen molar-refractivity contribution in [3.05, 3.63) is 29.3 Å². The molecule has 0 bridgehead atoms. The lowest BCUT2D eigenvalue weighted by Gasteiger charge is -2.13. The number of benzene rings is 1. The highest BCUT2D eigenvalue weighted by molar-refractivity contribution is 5.77. The second kappa shape index (κ2) is 6.40. The first-order valence-corrected chi connectivity index (χ1v) is 6.18. The van der Waals surface area contributed by atoms with Crippen molar-refractivity contribution in [3.63, 3.8) is 0 Å². The SMILES string of the molecule is Cc1cc(C(C)N)ccc1OCC(=O)NC(C)C. The summed E-state index contributed by atoms with van der Waals surface area (Å²) < 4.78 is 5.48. The molecule has 100 valence electrons. The van der Waals surface area contributed by atoms with Gasteiger partial charge in [0, 0.05) is 12.1 Å². The molecular weight excluding hydrogens is 228 g/mol. The zero-order valence-corrected chi connectivity index (χ0v) is 11.5. The molecule has 1 aromatic rings. The number of hydrogen-bond acceptors (Lipinski definition) is 3. The maximum atomic E-state index is 11.5. The Labute approximate surface area is 109 Å². The van der Waals surface area contributed by atoms with Crippen LogP contribution in [-0.4, -0.2) is 18.6 Å². The minimum Gasteiger partial charge on any atom is -0.484 e. The third-order valence-electron chi connectivity index (χ3n) is 2.53. The van der Waals surface area contributed by atoms with Crippen LogP contribution >= 0.6 is 0 Å². The number of rotatable bonds is 5. The van der Waals surface area contributed by atoms with Crippen LogP contribution in [-0.2, 0) is 4.79 Å². The van der Waals surface area contributed by atoms with Crippen molar-refractivity contribution >= 4 is 5.91 Å². The normalized spacial score (nSPS) is 12.3. The lowest BCUT2D eigenvalue weighted by atomic mass is 10.1. The second-order valence-corrected chi connectivity index (χ2v) is 4.82. The molecule has 0 spiro atoms. The quantitative estimate of drug-likeness (QED) is 0.839. The number of ether oxygens (including phenoxy) is 1. The molecule has 1 rings (SSSR count). The van der Waals surface area contributed by atoms with E-state index in [-0.39, 0.29) is 24.6 Å².